The Kier molecular flexibility index (Phi) is 3.86. The summed E-state index contributed by atoms with van der Waals surface area (Å²) >= 11 is 0. The SMILES string of the molecule is CC1CN(C(=O)NCCc2cccnc2)c2ccccc21. The van der Waals surface area contributed by atoms with Crippen molar-refractivity contribution in [1.82, 2.24) is 10.3 Å². The molecule has 0 saturated carbocycles. The molecule has 1 aliphatic rings. The number of para-hydroxylation sites is 1. The van der Waals surface area contributed by atoms with Gasteiger partial charge >= 0.3 is 6.03 Å². The van der Waals surface area contributed by atoms with E-state index in [-0.39, 0.29) is 6.03 Å². The van der Waals surface area contributed by atoms with Gasteiger partial charge in [0.1, 0.15) is 0 Å². The van der Waals surface area contributed by atoms with Gasteiger partial charge in [0.25, 0.3) is 0 Å². The summed E-state index contributed by atoms with van der Waals surface area (Å²) in [6.45, 7) is 3.53. The van der Waals surface area contributed by atoms with Gasteiger partial charge in [-0.3, -0.25) is 9.88 Å². The molecule has 1 unspecified atom stereocenters. The van der Waals surface area contributed by atoms with E-state index in [1.165, 1.54) is 5.56 Å². The smallest absolute Gasteiger partial charge is 0.321 e. The molecule has 0 bridgehead atoms. The fraction of sp³-hybridized carbons (Fsp3) is 0.294. The molecule has 1 aromatic heterocycles. The highest BCUT2D eigenvalue weighted by atomic mass is 16.2. The van der Waals surface area contributed by atoms with E-state index in [2.05, 4.69) is 23.3 Å². The molecule has 0 saturated heterocycles. The number of carbonyl (C=O) groups is 1. The number of nitrogens with zero attached hydrogens (tertiary/aromatic N) is 2. The summed E-state index contributed by atoms with van der Waals surface area (Å²) < 4.78 is 0. The van der Waals surface area contributed by atoms with Crippen LogP contribution in [0.15, 0.2) is 48.8 Å². The molecule has 1 aromatic carbocycles. The first-order valence-electron chi connectivity index (χ1n) is 7.29. The Morgan fingerprint density at radius 2 is 2.19 bits per heavy atom. The number of hydrogen-bond donors (Lipinski definition) is 1. The summed E-state index contributed by atoms with van der Waals surface area (Å²) in [5, 5.41) is 2.99. The van der Waals surface area contributed by atoms with Gasteiger partial charge < -0.3 is 5.32 Å². The van der Waals surface area contributed by atoms with E-state index in [9.17, 15) is 4.79 Å². The zero-order valence-electron chi connectivity index (χ0n) is 12.1. The Morgan fingerprint density at radius 3 is 3.00 bits per heavy atom. The zero-order valence-corrected chi connectivity index (χ0v) is 12.1. The van der Waals surface area contributed by atoms with Gasteiger partial charge in [-0.15, -0.1) is 0 Å². The second-order valence-corrected chi connectivity index (χ2v) is 5.41. The van der Waals surface area contributed by atoms with Crippen LogP contribution in [0.25, 0.3) is 0 Å². The second kappa shape index (κ2) is 5.95. The van der Waals surface area contributed by atoms with Gasteiger partial charge in [0.2, 0.25) is 0 Å². The van der Waals surface area contributed by atoms with E-state index in [4.69, 9.17) is 0 Å². The molecular weight excluding hydrogens is 262 g/mol. The topological polar surface area (TPSA) is 45.2 Å². The van der Waals surface area contributed by atoms with Crippen LogP contribution in [0.4, 0.5) is 10.5 Å². The molecule has 4 nitrogen and oxygen atoms in total. The fourth-order valence-corrected chi connectivity index (χ4v) is 2.77. The van der Waals surface area contributed by atoms with Crippen molar-refractivity contribution in [2.75, 3.05) is 18.0 Å². The number of carbonyl (C=O) groups excluding carboxylic acids is 1. The number of rotatable bonds is 3. The first kappa shape index (κ1) is 13.6. The lowest BCUT2D eigenvalue weighted by molar-refractivity contribution is 0.246. The van der Waals surface area contributed by atoms with E-state index in [0.29, 0.717) is 12.5 Å². The van der Waals surface area contributed by atoms with Crippen molar-refractivity contribution in [2.45, 2.75) is 19.3 Å². The summed E-state index contributed by atoms with van der Waals surface area (Å²) in [5.41, 5.74) is 3.41. The van der Waals surface area contributed by atoms with Crippen LogP contribution in [0.3, 0.4) is 0 Å². The van der Waals surface area contributed by atoms with E-state index in [1.54, 1.807) is 6.20 Å². The molecule has 21 heavy (non-hydrogen) atoms. The minimum atomic E-state index is -0.0179. The number of anilines is 1. The minimum Gasteiger partial charge on any atom is -0.337 e. The highest BCUT2D eigenvalue weighted by Crippen LogP contribution is 2.35. The van der Waals surface area contributed by atoms with Crippen LogP contribution in [0, 0.1) is 0 Å². The van der Waals surface area contributed by atoms with Gasteiger partial charge in [-0.1, -0.05) is 31.2 Å². The number of fused-ring (bicyclic) bond motifs is 1. The Balaban J connectivity index is 1.60. The van der Waals surface area contributed by atoms with Gasteiger partial charge in [-0.05, 0) is 29.7 Å². The molecule has 3 rings (SSSR count). The third-order valence-electron chi connectivity index (χ3n) is 3.87. The number of pyridine rings is 1. The summed E-state index contributed by atoms with van der Waals surface area (Å²) in [6, 6.07) is 12.0. The summed E-state index contributed by atoms with van der Waals surface area (Å²) in [6.07, 6.45) is 4.38. The lowest BCUT2D eigenvalue weighted by Gasteiger charge is -2.18. The van der Waals surface area contributed by atoms with Crippen LogP contribution >= 0.6 is 0 Å². The predicted molar refractivity (Wildman–Crippen MR) is 83.5 cm³/mol. The monoisotopic (exact) mass is 281 g/mol. The Bertz CT molecular complexity index is 627. The highest BCUT2D eigenvalue weighted by Gasteiger charge is 2.28. The number of urea groups is 1. The van der Waals surface area contributed by atoms with Gasteiger partial charge in [0.05, 0.1) is 0 Å². The predicted octanol–water partition coefficient (Wildman–Crippen LogP) is 2.96. The van der Waals surface area contributed by atoms with E-state index in [0.717, 1.165) is 24.2 Å². The Labute approximate surface area is 124 Å². The Morgan fingerprint density at radius 1 is 1.33 bits per heavy atom. The highest BCUT2D eigenvalue weighted by molar-refractivity contribution is 5.94. The molecule has 1 aliphatic heterocycles. The number of nitrogens with one attached hydrogen (secondary N) is 1. The molecule has 1 atom stereocenters. The van der Waals surface area contributed by atoms with Crippen LogP contribution in [-0.2, 0) is 6.42 Å². The third-order valence-corrected chi connectivity index (χ3v) is 3.87. The number of amides is 2. The van der Waals surface area contributed by atoms with Crippen molar-refractivity contribution in [3.8, 4) is 0 Å². The lowest BCUT2D eigenvalue weighted by atomic mass is 10.0. The van der Waals surface area contributed by atoms with E-state index in [1.807, 2.05) is 41.4 Å². The maximum atomic E-state index is 12.3. The van der Waals surface area contributed by atoms with Crippen LogP contribution in [0.5, 0.6) is 0 Å². The molecule has 4 heteroatoms. The molecular formula is C17H19N3O. The lowest BCUT2D eigenvalue weighted by Crippen LogP contribution is -2.40. The van der Waals surface area contributed by atoms with Crippen molar-refractivity contribution in [1.29, 1.82) is 0 Å². The van der Waals surface area contributed by atoms with Crippen molar-refractivity contribution < 1.29 is 4.79 Å². The zero-order chi connectivity index (χ0) is 14.7. The molecule has 0 aliphatic carbocycles. The second-order valence-electron chi connectivity index (χ2n) is 5.41. The first-order valence-corrected chi connectivity index (χ1v) is 7.29. The average molecular weight is 281 g/mol. The summed E-state index contributed by atoms with van der Waals surface area (Å²) in [4.78, 5) is 18.3. The van der Waals surface area contributed by atoms with Gasteiger partial charge in [-0.2, -0.15) is 0 Å². The molecule has 2 heterocycles. The largest absolute Gasteiger partial charge is 0.337 e. The Hall–Kier alpha value is -2.36. The molecule has 0 spiro atoms. The van der Waals surface area contributed by atoms with Crippen LogP contribution in [0.2, 0.25) is 0 Å². The maximum absolute atomic E-state index is 12.3. The average Bonchev–Trinajstić information content (AvgIpc) is 2.86. The fourth-order valence-electron chi connectivity index (χ4n) is 2.77. The number of benzene rings is 1. The van der Waals surface area contributed by atoms with Crippen molar-refractivity contribution in [2.24, 2.45) is 0 Å². The summed E-state index contributed by atoms with van der Waals surface area (Å²) in [5.74, 6) is 0.394. The van der Waals surface area contributed by atoms with Crippen molar-refractivity contribution >= 4 is 11.7 Å². The van der Waals surface area contributed by atoms with Crippen LogP contribution < -0.4 is 10.2 Å². The quantitative estimate of drug-likeness (QED) is 0.940. The molecule has 1 N–H and O–H groups in total. The first-order chi connectivity index (χ1) is 10.3. The third kappa shape index (κ3) is 2.89. The van der Waals surface area contributed by atoms with Crippen LogP contribution in [-0.4, -0.2) is 24.1 Å². The van der Waals surface area contributed by atoms with Gasteiger partial charge in [-0.25, -0.2) is 4.79 Å². The number of hydrogen-bond acceptors (Lipinski definition) is 2. The molecule has 2 aromatic rings. The van der Waals surface area contributed by atoms with Gasteiger partial charge in [0.15, 0.2) is 0 Å². The molecule has 108 valence electrons. The minimum absolute atomic E-state index is 0.0179. The summed E-state index contributed by atoms with van der Waals surface area (Å²) in [7, 11) is 0. The van der Waals surface area contributed by atoms with Crippen molar-refractivity contribution in [3.63, 3.8) is 0 Å². The number of aromatic nitrogens is 1. The maximum Gasteiger partial charge on any atom is 0.321 e. The molecule has 0 fully saturated rings. The van der Waals surface area contributed by atoms with Crippen molar-refractivity contribution in [3.05, 3.63) is 59.9 Å². The molecule has 0 radical (unpaired) electrons. The molecule has 2 amide bonds. The normalized spacial score (nSPS) is 16.6. The van der Waals surface area contributed by atoms with E-state index >= 15 is 0 Å². The van der Waals surface area contributed by atoms with Gasteiger partial charge in [0, 0.05) is 37.1 Å². The van der Waals surface area contributed by atoms with E-state index < -0.39 is 0 Å². The standard InChI is InChI=1S/C17H19N3O/c1-13-12-20(16-7-3-2-6-15(13)16)17(21)19-10-8-14-5-4-9-18-11-14/h2-7,9,11,13H,8,10,12H2,1H3,(H,19,21). The van der Waals surface area contributed by atoms with Crippen LogP contribution in [0.1, 0.15) is 24.0 Å².